The summed E-state index contributed by atoms with van der Waals surface area (Å²) < 4.78 is 13.2. The van der Waals surface area contributed by atoms with Crippen molar-refractivity contribution in [3.8, 4) is 28.6 Å². The zero-order valence-corrected chi connectivity index (χ0v) is 23.6. The fourth-order valence-corrected chi connectivity index (χ4v) is 4.78. The van der Waals surface area contributed by atoms with Crippen LogP contribution in [-0.2, 0) is 0 Å². The zero-order chi connectivity index (χ0) is 26.1. The molecule has 3 aromatic carbocycles. The van der Waals surface area contributed by atoms with E-state index in [1.165, 1.54) is 18.0 Å². The van der Waals surface area contributed by atoms with Crippen LogP contribution in [0.5, 0.6) is 17.2 Å². The number of halogens is 2. The number of phenolic OH excluding ortho intramolecular Hbond substituents is 1. The summed E-state index contributed by atoms with van der Waals surface area (Å²) >= 11 is 6.83. The van der Waals surface area contributed by atoms with Crippen LogP contribution < -0.4 is 15.0 Å². The van der Waals surface area contributed by atoms with E-state index in [9.17, 15) is 9.90 Å². The highest BCUT2D eigenvalue weighted by molar-refractivity contribution is 9.13. The van der Waals surface area contributed by atoms with Crippen LogP contribution in [0.15, 0.2) is 61.3 Å². The normalized spacial score (nSPS) is 11.6. The molecule has 0 atom stereocenters. The molecule has 36 heavy (non-hydrogen) atoms. The van der Waals surface area contributed by atoms with Crippen molar-refractivity contribution in [3.05, 3.63) is 78.5 Å². The van der Waals surface area contributed by atoms with E-state index in [0.29, 0.717) is 31.2 Å². The molecule has 1 aromatic heterocycles. The molecule has 0 spiro atoms. The van der Waals surface area contributed by atoms with Crippen molar-refractivity contribution in [1.29, 1.82) is 0 Å². The molecule has 186 valence electrons. The number of hydrogen-bond acceptors (Lipinski definition) is 6. The van der Waals surface area contributed by atoms with Gasteiger partial charge in [0.05, 0.1) is 35.8 Å². The number of ether oxygens (including phenoxy) is 2. The number of nitrogens with zero attached hydrogens (tertiary/aromatic N) is 3. The molecule has 1 heterocycles. The van der Waals surface area contributed by atoms with Gasteiger partial charge in [0.1, 0.15) is 5.75 Å². The zero-order valence-electron chi connectivity index (χ0n) is 20.5. The minimum atomic E-state index is -0.297. The third kappa shape index (κ3) is 4.65. The van der Waals surface area contributed by atoms with Crippen LogP contribution in [0.25, 0.3) is 22.3 Å². The summed E-state index contributed by atoms with van der Waals surface area (Å²) in [5.74, 6) is 1.62. The molecule has 0 fully saturated rings. The van der Waals surface area contributed by atoms with Gasteiger partial charge in [-0.2, -0.15) is 9.78 Å². The standard InChI is InChI=1S/C27H25Br2N3O4/c1-14(2)18-12-19(15(3)10-21(18)35-4)26-31-20-9-7-6-8-17(20)27(34)32(26)30-13-16-11-22(36-5)25(33)24(29)23(16)28/h6-14,33H,1-5H3. The van der Waals surface area contributed by atoms with Crippen molar-refractivity contribution >= 4 is 49.0 Å². The third-order valence-electron chi connectivity index (χ3n) is 5.90. The Morgan fingerprint density at radius 2 is 1.75 bits per heavy atom. The fourth-order valence-electron chi connectivity index (χ4n) is 3.95. The molecule has 4 aromatic rings. The van der Waals surface area contributed by atoms with Gasteiger partial charge in [0.15, 0.2) is 17.3 Å². The van der Waals surface area contributed by atoms with Crippen molar-refractivity contribution in [1.82, 2.24) is 9.66 Å². The number of aromatic nitrogens is 2. The Morgan fingerprint density at radius 3 is 2.42 bits per heavy atom. The van der Waals surface area contributed by atoms with E-state index in [4.69, 9.17) is 14.5 Å². The Morgan fingerprint density at radius 1 is 1.06 bits per heavy atom. The minimum Gasteiger partial charge on any atom is -0.503 e. The van der Waals surface area contributed by atoms with E-state index in [1.807, 2.05) is 31.2 Å². The summed E-state index contributed by atoms with van der Waals surface area (Å²) in [5.41, 5.74) is 3.57. The second-order valence-corrected chi connectivity index (χ2v) is 10.1. The van der Waals surface area contributed by atoms with Gasteiger partial charge in [0, 0.05) is 15.6 Å². The maximum absolute atomic E-state index is 13.6. The van der Waals surface area contributed by atoms with Crippen LogP contribution >= 0.6 is 31.9 Å². The summed E-state index contributed by atoms with van der Waals surface area (Å²) in [7, 11) is 3.11. The summed E-state index contributed by atoms with van der Waals surface area (Å²) in [6.45, 7) is 6.13. The van der Waals surface area contributed by atoms with Gasteiger partial charge in [-0.05, 0) is 86.2 Å². The average molecular weight is 615 g/mol. The molecule has 0 radical (unpaired) electrons. The maximum atomic E-state index is 13.6. The monoisotopic (exact) mass is 613 g/mol. The van der Waals surface area contributed by atoms with Gasteiger partial charge in [0.25, 0.3) is 5.56 Å². The van der Waals surface area contributed by atoms with E-state index in [0.717, 1.165) is 22.4 Å². The summed E-state index contributed by atoms with van der Waals surface area (Å²) in [6, 6.07) is 12.8. The molecule has 7 nitrogen and oxygen atoms in total. The topological polar surface area (TPSA) is 85.9 Å². The number of methoxy groups -OCH3 is 2. The van der Waals surface area contributed by atoms with Crippen LogP contribution in [-0.4, -0.2) is 35.2 Å². The molecular formula is C27H25Br2N3O4. The van der Waals surface area contributed by atoms with Gasteiger partial charge >= 0.3 is 0 Å². The number of aromatic hydroxyl groups is 1. The van der Waals surface area contributed by atoms with Crippen LogP contribution in [0.3, 0.4) is 0 Å². The molecule has 0 unspecified atom stereocenters. The van der Waals surface area contributed by atoms with Crippen molar-refractivity contribution in [3.63, 3.8) is 0 Å². The first-order valence-corrected chi connectivity index (χ1v) is 12.8. The highest BCUT2D eigenvalue weighted by Crippen LogP contribution is 2.41. The second kappa shape index (κ2) is 10.4. The van der Waals surface area contributed by atoms with Gasteiger partial charge in [-0.25, -0.2) is 4.98 Å². The van der Waals surface area contributed by atoms with Gasteiger partial charge in [-0.15, -0.1) is 0 Å². The van der Waals surface area contributed by atoms with E-state index in [2.05, 4.69) is 50.8 Å². The number of rotatable bonds is 6. The average Bonchev–Trinajstić information content (AvgIpc) is 2.87. The lowest BCUT2D eigenvalue weighted by Crippen LogP contribution is -2.21. The van der Waals surface area contributed by atoms with Crippen LogP contribution in [0.1, 0.15) is 36.5 Å². The number of hydrogen-bond donors (Lipinski definition) is 1. The van der Waals surface area contributed by atoms with Crippen molar-refractivity contribution in [2.75, 3.05) is 14.2 Å². The number of para-hydroxylation sites is 1. The molecule has 0 saturated carbocycles. The lowest BCUT2D eigenvalue weighted by Gasteiger charge is -2.17. The van der Waals surface area contributed by atoms with E-state index in [1.54, 1.807) is 25.3 Å². The highest BCUT2D eigenvalue weighted by Gasteiger charge is 2.19. The molecule has 0 aliphatic heterocycles. The maximum Gasteiger partial charge on any atom is 0.282 e. The number of fused-ring (bicyclic) bond motifs is 1. The van der Waals surface area contributed by atoms with Gasteiger partial charge in [-0.3, -0.25) is 4.79 Å². The predicted octanol–water partition coefficient (Wildman–Crippen LogP) is 6.63. The highest BCUT2D eigenvalue weighted by atomic mass is 79.9. The van der Waals surface area contributed by atoms with Crippen LogP contribution in [0, 0.1) is 6.92 Å². The smallest absolute Gasteiger partial charge is 0.282 e. The predicted molar refractivity (Wildman–Crippen MR) is 150 cm³/mol. The summed E-state index contributed by atoms with van der Waals surface area (Å²) in [5, 5.41) is 15.3. The third-order valence-corrected chi connectivity index (χ3v) is 8.06. The minimum absolute atomic E-state index is 0.0400. The number of aryl methyl sites for hydroxylation is 1. The molecule has 1 N–H and O–H groups in total. The van der Waals surface area contributed by atoms with Crippen LogP contribution in [0.4, 0.5) is 0 Å². The first-order valence-electron chi connectivity index (χ1n) is 11.2. The molecule has 0 saturated heterocycles. The lowest BCUT2D eigenvalue weighted by molar-refractivity contribution is 0.371. The van der Waals surface area contributed by atoms with E-state index in [-0.39, 0.29) is 23.0 Å². The van der Waals surface area contributed by atoms with E-state index >= 15 is 0 Å². The first-order chi connectivity index (χ1) is 17.2. The summed E-state index contributed by atoms with van der Waals surface area (Å²) in [4.78, 5) is 18.5. The molecule has 0 bridgehead atoms. The Kier molecular flexibility index (Phi) is 7.51. The quantitative estimate of drug-likeness (QED) is 0.247. The molecule has 0 aliphatic carbocycles. The molecule has 0 amide bonds. The number of benzene rings is 3. The SMILES string of the molecule is COc1cc(C)c(-c2nc3ccccc3c(=O)n2N=Cc2cc(OC)c(O)c(Br)c2Br)cc1C(C)C. The fraction of sp³-hybridized carbons (Fsp3) is 0.222. The largest absolute Gasteiger partial charge is 0.503 e. The molecule has 0 aliphatic rings. The van der Waals surface area contributed by atoms with Crippen molar-refractivity contribution in [2.24, 2.45) is 5.10 Å². The molecular weight excluding hydrogens is 590 g/mol. The van der Waals surface area contributed by atoms with Crippen LogP contribution in [0.2, 0.25) is 0 Å². The van der Waals surface area contributed by atoms with Gasteiger partial charge < -0.3 is 14.6 Å². The first kappa shape index (κ1) is 25.9. The summed E-state index contributed by atoms with van der Waals surface area (Å²) in [6.07, 6.45) is 1.53. The lowest BCUT2D eigenvalue weighted by atomic mass is 9.96. The Bertz CT molecular complexity index is 1560. The molecule has 9 heteroatoms. The second-order valence-electron chi connectivity index (χ2n) is 8.52. The van der Waals surface area contributed by atoms with Gasteiger partial charge in [0.2, 0.25) is 0 Å². The Balaban J connectivity index is 2.01. The molecule has 4 rings (SSSR count). The van der Waals surface area contributed by atoms with Gasteiger partial charge in [-0.1, -0.05) is 26.0 Å². The van der Waals surface area contributed by atoms with Crippen molar-refractivity contribution < 1.29 is 14.6 Å². The Labute approximate surface area is 225 Å². The number of phenols is 1. The van der Waals surface area contributed by atoms with Crippen molar-refractivity contribution in [2.45, 2.75) is 26.7 Å². The van der Waals surface area contributed by atoms with E-state index < -0.39 is 0 Å². The Hall–Kier alpha value is -3.17.